The summed E-state index contributed by atoms with van der Waals surface area (Å²) in [6, 6.07) is 8.37. The summed E-state index contributed by atoms with van der Waals surface area (Å²) in [6.07, 6.45) is 2.48. The molecule has 1 aromatic carbocycles. The van der Waals surface area contributed by atoms with Gasteiger partial charge in [-0.15, -0.1) is 11.3 Å². The Labute approximate surface area is 118 Å². The third-order valence-electron chi connectivity index (χ3n) is 3.24. The summed E-state index contributed by atoms with van der Waals surface area (Å²) in [5.74, 6) is 1.00. The molecule has 0 spiro atoms. The van der Waals surface area contributed by atoms with Crippen LogP contribution in [0, 0.1) is 0 Å². The molecule has 0 saturated heterocycles. The molecule has 19 heavy (non-hydrogen) atoms. The van der Waals surface area contributed by atoms with E-state index >= 15 is 0 Å². The number of ether oxygens (including phenoxy) is 1. The molecule has 0 N–H and O–H groups in total. The maximum Gasteiger partial charge on any atom is 0.150 e. The van der Waals surface area contributed by atoms with E-state index in [0.29, 0.717) is 5.15 Å². The largest absolute Gasteiger partial charge is 0.493 e. The highest BCUT2D eigenvalue weighted by Crippen LogP contribution is 2.37. The van der Waals surface area contributed by atoms with Crippen molar-refractivity contribution in [3.05, 3.63) is 41.3 Å². The van der Waals surface area contributed by atoms with Crippen molar-refractivity contribution in [2.24, 2.45) is 0 Å². The lowest BCUT2D eigenvalue weighted by atomic mass is 10.1. The average molecular weight is 289 g/mol. The van der Waals surface area contributed by atoms with Gasteiger partial charge in [0.15, 0.2) is 0 Å². The van der Waals surface area contributed by atoms with Crippen molar-refractivity contribution in [3.8, 4) is 16.2 Å². The second kappa shape index (κ2) is 4.18. The minimum atomic E-state index is 0.519. The topological polar surface area (TPSA) is 35.0 Å². The van der Waals surface area contributed by atoms with E-state index in [1.807, 2.05) is 6.07 Å². The molecule has 0 atom stereocenters. The number of aromatic nitrogens is 2. The van der Waals surface area contributed by atoms with E-state index in [-0.39, 0.29) is 0 Å². The van der Waals surface area contributed by atoms with E-state index in [2.05, 4.69) is 28.2 Å². The fourth-order valence-electron chi connectivity index (χ4n) is 2.31. The SMILES string of the molecule is Clc1ncnc2cc(-c3ccc4c(c3)CCO4)sc12. The molecule has 3 heterocycles. The van der Waals surface area contributed by atoms with Crippen LogP contribution in [0.5, 0.6) is 5.75 Å². The lowest BCUT2D eigenvalue weighted by Crippen LogP contribution is -1.85. The Kier molecular flexibility index (Phi) is 2.47. The summed E-state index contributed by atoms with van der Waals surface area (Å²) in [7, 11) is 0. The predicted molar refractivity (Wildman–Crippen MR) is 77.1 cm³/mol. The average Bonchev–Trinajstić information content (AvgIpc) is 3.04. The van der Waals surface area contributed by atoms with Crippen molar-refractivity contribution in [2.75, 3.05) is 6.61 Å². The highest BCUT2D eigenvalue weighted by Gasteiger charge is 2.14. The third kappa shape index (κ3) is 1.79. The molecule has 0 radical (unpaired) electrons. The van der Waals surface area contributed by atoms with Crippen molar-refractivity contribution >= 4 is 33.2 Å². The van der Waals surface area contributed by atoms with Gasteiger partial charge >= 0.3 is 0 Å². The Bertz CT molecular complexity index is 784. The predicted octanol–water partition coefficient (Wildman–Crippen LogP) is 3.95. The van der Waals surface area contributed by atoms with Crippen molar-refractivity contribution in [3.63, 3.8) is 0 Å². The Balaban J connectivity index is 1.88. The zero-order valence-electron chi connectivity index (χ0n) is 9.89. The van der Waals surface area contributed by atoms with Gasteiger partial charge in [0, 0.05) is 11.3 Å². The minimum absolute atomic E-state index is 0.519. The van der Waals surface area contributed by atoms with Gasteiger partial charge in [-0.25, -0.2) is 9.97 Å². The van der Waals surface area contributed by atoms with Gasteiger partial charge in [0.25, 0.3) is 0 Å². The molecule has 4 rings (SSSR count). The summed E-state index contributed by atoms with van der Waals surface area (Å²) < 4.78 is 6.47. The summed E-state index contributed by atoms with van der Waals surface area (Å²) >= 11 is 7.72. The second-order valence-electron chi connectivity index (χ2n) is 4.41. The standard InChI is InChI=1S/C14H9ClN2OS/c15-14-13-10(16-7-17-14)6-12(19-13)9-1-2-11-8(5-9)3-4-18-11/h1-2,5-7H,3-4H2. The monoisotopic (exact) mass is 288 g/mol. The molecule has 94 valence electrons. The van der Waals surface area contributed by atoms with Crippen LogP contribution in [0.4, 0.5) is 0 Å². The summed E-state index contributed by atoms with van der Waals surface area (Å²) in [5.41, 5.74) is 3.35. The van der Waals surface area contributed by atoms with E-state index in [1.165, 1.54) is 17.5 Å². The quantitative estimate of drug-likeness (QED) is 0.636. The van der Waals surface area contributed by atoms with Crippen molar-refractivity contribution < 1.29 is 4.74 Å². The summed E-state index contributed by atoms with van der Waals surface area (Å²) in [6.45, 7) is 0.780. The molecule has 1 aliphatic heterocycles. The molecule has 3 nitrogen and oxygen atoms in total. The normalized spacial score (nSPS) is 13.5. The molecule has 2 aromatic heterocycles. The van der Waals surface area contributed by atoms with Crippen LogP contribution in [-0.2, 0) is 6.42 Å². The number of halogens is 1. The Morgan fingerprint density at radius 3 is 3.05 bits per heavy atom. The molecule has 0 saturated carbocycles. The third-order valence-corrected chi connectivity index (χ3v) is 4.82. The molecule has 3 aromatic rings. The van der Waals surface area contributed by atoms with E-state index < -0.39 is 0 Å². The first-order valence-corrected chi connectivity index (χ1v) is 7.17. The lowest BCUT2D eigenvalue weighted by Gasteiger charge is -2.01. The van der Waals surface area contributed by atoms with Gasteiger partial charge in [0.2, 0.25) is 0 Å². The zero-order valence-corrected chi connectivity index (χ0v) is 11.5. The number of fused-ring (bicyclic) bond motifs is 2. The molecule has 0 bridgehead atoms. The first-order chi connectivity index (χ1) is 9.31. The maximum atomic E-state index is 6.09. The lowest BCUT2D eigenvalue weighted by molar-refractivity contribution is 0.357. The number of benzene rings is 1. The van der Waals surface area contributed by atoms with Crippen LogP contribution in [0.25, 0.3) is 20.7 Å². The maximum absolute atomic E-state index is 6.09. The molecule has 0 aliphatic carbocycles. The van der Waals surface area contributed by atoms with Gasteiger partial charge in [0.05, 0.1) is 16.8 Å². The molecular formula is C14H9ClN2OS. The number of thiophene rings is 1. The molecule has 0 unspecified atom stereocenters. The van der Waals surface area contributed by atoms with Crippen LogP contribution < -0.4 is 4.74 Å². The Hall–Kier alpha value is -1.65. The van der Waals surface area contributed by atoms with Crippen LogP contribution in [0.2, 0.25) is 5.15 Å². The molecule has 1 aliphatic rings. The molecule has 0 fully saturated rings. The van der Waals surface area contributed by atoms with Gasteiger partial charge in [-0.2, -0.15) is 0 Å². The highest BCUT2D eigenvalue weighted by atomic mass is 35.5. The Morgan fingerprint density at radius 1 is 1.21 bits per heavy atom. The number of hydrogen-bond donors (Lipinski definition) is 0. The van der Waals surface area contributed by atoms with E-state index in [1.54, 1.807) is 11.3 Å². The molecule has 0 amide bonds. The van der Waals surface area contributed by atoms with Gasteiger partial charge < -0.3 is 4.74 Å². The van der Waals surface area contributed by atoms with Crippen LogP contribution >= 0.6 is 22.9 Å². The van der Waals surface area contributed by atoms with E-state index in [4.69, 9.17) is 16.3 Å². The van der Waals surface area contributed by atoms with Gasteiger partial charge in [-0.1, -0.05) is 11.6 Å². The Morgan fingerprint density at radius 2 is 2.16 bits per heavy atom. The fraction of sp³-hybridized carbons (Fsp3) is 0.143. The van der Waals surface area contributed by atoms with Crippen LogP contribution in [0.1, 0.15) is 5.56 Å². The van der Waals surface area contributed by atoms with E-state index in [9.17, 15) is 0 Å². The van der Waals surface area contributed by atoms with Gasteiger partial charge in [-0.05, 0) is 35.4 Å². The minimum Gasteiger partial charge on any atom is -0.493 e. The summed E-state index contributed by atoms with van der Waals surface area (Å²) in [5, 5.41) is 0.519. The first kappa shape index (κ1) is 11.2. The molecular weight excluding hydrogens is 280 g/mol. The number of hydrogen-bond acceptors (Lipinski definition) is 4. The van der Waals surface area contributed by atoms with Crippen molar-refractivity contribution in [2.45, 2.75) is 6.42 Å². The first-order valence-electron chi connectivity index (χ1n) is 5.97. The second-order valence-corrected chi connectivity index (χ2v) is 5.82. The van der Waals surface area contributed by atoms with Crippen molar-refractivity contribution in [1.82, 2.24) is 9.97 Å². The van der Waals surface area contributed by atoms with Gasteiger partial charge in [-0.3, -0.25) is 0 Å². The van der Waals surface area contributed by atoms with E-state index in [0.717, 1.165) is 33.9 Å². The van der Waals surface area contributed by atoms with Crippen LogP contribution in [-0.4, -0.2) is 16.6 Å². The summed E-state index contributed by atoms with van der Waals surface area (Å²) in [4.78, 5) is 9.43. The number of nitrogens with zero attached hydrogens (tertiary/aromatic N) is 2. The zero-order chi connectivity index (χ0) is 12.8. The highest BCUT2D eigenvalue weighted by molar-refractivity contribution is 7.22. The smallest absolute Gasteiger partial charge is 0.150 e. The molecule has 5 heteroatoms. The van der Waals surface area contributed by atoms with Crippen molar-refractivity contribution in [1.29, 1.82) is 0 Å². The van der Waals surface area contributed by atoms with Crippen LogP contribution in [0.15, 0.2) is 30.6 Å². The number of rotatable bonds is 1. The van der Waals surface area contributed by atoms with Crippen LogP contribution in [0.3, 0.4) is 0 Å². The fourth-order valence-corrected chi connectivity index (χ4v) is 3.55. The van der Waals surface area contributed by atoms with Gasteiger partial charge in [0.1, 0.15) is 17.2 Å².